The van der Waals surface area contributed by atoms with Crippen LogP contribution in [-0.2, 0) is 13.1 Å². The van der Waals surface area contributed by atoms with Crippen molar-refractivity contribution in [1.29, 1.82) is 0 Å². The molecule has 0 bridgehead atoms. The van der Waals surface area contributed by atoms with E-state index in [1.807, 2.05) is 29.0 Å². The Balaban J connectivity index is 1.36. The predicted octanol–water partition coefficient (Wildman–Crippen LogP) is 1.76. The molecule has 0 atom stereocenters. The second-order valence-electron chi connectivity index (χ2n) is 6.09. The van der Waals surface area contributed by atoms with Crippen molar-refractivity contribution in [1.82, 2.24) is 34.9 Å². The van der Waals surface area contributed by atoms with Crippen LogP contribution in [0.2, 0.25) is 0 Å². The first-order chi connectivity index (χ1) is 13.3. The molecule has 1 aliphatic rings. The van der Waals surface area contributed by atoms with E-state index < -0.39 is 0 Å². The highest BCUT2D eigenvalue weighted by Gasteiger charge is 2.18. The maximum atomic E-state index is 12.4. The number of thiophene rings is 1. The first-order valence-corrected chi connectivity index (χ1v) is 9.45. The Hall–Kier alpha value is -3.27. The normalized spacial score (nSPS) is 13.3. The van der Waals surface area contributed by atoms with Gasteiger partial charge in [-0.3, -0.25) is 4.79 Å². The lowest BCUT2D eigenvalue weighted by Gasteiger charge is -2.13. The van der Waals surface area contributed by atoms with Gasteiger partial charge in [-0.25, -0.2) is 4.68 Å². The predicted molar refractivity (Wildman–Crippen MR) is 97.6 cm³/mol. The minimum absolute atomic E-state index is 0.198. The lowest BCUT2D eigenvalue weighted by atomic mass is 10.2. The summed E-state index contributed by atoms with van der Waals surface area (Å²) in [5.74, 6) is 0.892. The Labute approximate surface area is 157 Å². The number of aryl methyl sites for hydroxylation is 1. The fraction of sp³-hybridized carbons (Fsp3) is 0.235. The summed E-state index contributed by atoms with van der Waals surface area (Å²) in [7, 11) is 0. The Morgan fingerprint density at radius 2 is 2.22 bits per heavy atom. The van der Waals surface area contributed by atoms with E-state index in [1.165, 1.54) is 0 Å². The van der Waals surface area contributed by atoms with Gasteiger partial charge >= 0.3 is 0 Å². The van der Waals surface area contributed by atoms with E-state index in [1.54, 1.807) is 26.6 Å². The van der Waals surface area contributed by atoms with Crippen LogP contribution < -0.4 is 10.1 Å². The van der Waals surface area contributed by atoms with Crippen molar-refractivity contribution >= 4 is 22.9 Å². The van der Waals surface area contributed by atoms with Crippen LogP contribution in [-0.4, -0.2) is 42.1 Å². The molecule has 5 rings (SSSR count). The summed E-state index contributed by atoms with van der Waals surface area (Å²) in [6.45, 7) is 1.60. The third-order valence-electron chi connectivity index (χ3n) is 4.29. The summed E-state index contributed by atoms with van der Waals surface area (Å²) in [5, 5.41) is 24.0. The second-order valence-corrected chi connectivity index (χ2v) is 6.87. The van der Waals surface area contributed by atoms with E-state index in [4.69, 9.17) is 4.74 Å². The van der Waals surface area contributed by atoms with Gasteiger partial charge < -0.3 is 10.1 Å². The van der Waals surface area contributed by atoms with Crippen molar-refractivity contribution in [2.24, 2.45) is 0 Å². The Morgan fingerprint density at radius 3 is 3.07 bits per heavy atom. The number of amides is 1. The largest absolute Gasteiger partial charge is 0.478 e. The van der Waals surface area contributed by atoms with Crippen LogP contribution >= 0.6 is 11.3 Å². The lowest BCUT2D eigenvalue weighted by molar-refractivity contribution is 0.0943. The zero-order valence-electron chi connectivity index (χ0n) is 14.2. The maximum Gasteiger partial charge on any atom is 0.272 e. The lowest BCUT2D eigenvalue weighted by Crippen LogP contribution is -2.25. The zero-order valence-corrected chi connectivity index (χ0v) is 15.0. The molecule has 10 heteroatoms. The van der Waals surface area contributed by atoms with E-state index in [0.717, 1.165) is 24.2 Å². The van der Waals surface area contributed by atoms with Crippen LogP contribution in [0.15, 0.2) is 35.0 Å². The molecule has 0 fully saturated rings. The van der Waals surface area contributed by atoms with Gasteiger partial charge in [-0.2, -0.15) is 26.0 Å². The van der Waals surface area contributed by atoms with Crippen LogP contribution in [0.5, 0.6) is 5.88 Å². The molecule has 0 spiro atoms. The molecule has 4 aromatic heterocycles. The Morgan fingerprint density at radius 1 is 1.26 bits per heavy atom. The van der Waals surface area contributed by atoms with E-state index in [-0.39, 0.29) is 12.5 Å². The maximum absolute atomic E-state index is 12.4. The van der Waals surface area contributed by atoms with Gasteiger partial charge in [-0.15, -0.1) is 10.2 Å². The number of hydrogen-bond donors (Lipinski definition) is 1. The molecule has 1 N–H and O–H groups in total. The third-order valence-corrected chi connectivity index (χ3v) is 4.97. The standard InChI is InChI=1S/C17H15N7O2S/c25-17(13-8-16-23(21-13)5-1-6-26-16)18-9-15-20-19-14-3-2-12(22-24(14)15)11-4-7-27-10-11/h2-4,7-8,10H,1,5-6,9H2,(H,18,25). The van der Waals surface area contributed by atoms with Crippen LogP contribution in [0.1, 0.15) is 22.7 Å². The molecule has 1 aliphatic heterocycles. The van der Waals surface area contributed by atoms with E-state index in [2.05, 4.69) is 25.7 Å². The summed E-state index contributed by atoms with van der Waals surface area (Å²) in [4.78, 5) is 12.4. The van der Waals surface area contributed by atoms with Gasteiger partial charge in [-0.1, -0.05) is 0 Å². The highest BCUT2D eigenvalue weighted by molar-refractivity contribution is 7.08. The fourth-order valence-electron chi connectivity index (χ4n) is 2.94. The molecule has 0 saturated carbocycles. The van der Waals surface area contributed by atoms with E-state index in [9.17, 15) is 4.79 Å². The number of nitrogens with one attached hydrogen (secondary N) is 1. The van der Waals surface area contributed by atoms with Crippen molar-refractivity contribution < 1.29 is 9.53 Å². The van der Waals surface area contributed by atoms with Crippen LogP contribution in [0, 0.1) is 0 Å². The number of carbonyl (C=O) groups excluding carboxylic acids is 1. The molecule has 136 valence electrons. The first kappa shape index (κ1) is 15.9. The van der Waals surface area contributed by atoms with Gasteiger partial charge in [0.1, 0.15) is 0 Å². The third kappa shape index (κ3) is 2.93. The zero-order chi connectivity index (χ0) is 18.2. The van der Waals surface area contributed by atoms with Gasteiger partial charge in [0.05, 0.1) is 18.8 Å². The molecule has 9 nitrogen and oxygen atoms in total. The van der Waals surface area contributed by atoms with Crippen LogP contribution in [0.25, 0.3) is 16.9 Å². The van der Waals surface area contributed by atoms with Crippen molar-refractivity contribution in [3.05, 3.63) is 46.5 Å². The van der Waals surface area contributed by atoms with Gasteiger partial charge in [0.2, 0.25) is 5.88 Å². The van der Waals surface area contributed by atoms with Gasteiger partial charge in [-0.05, 0) is 23.6 Å². The second kappa shape index (κ2) is 6.47. The number of aromatic nitrogens is 6. The molecule has 0 saturated heterocycles. The highest BCUT2D eigenvalue weighted by Crippen LogP contribution is 2.20. The molecule has 1 amide bonds. The number of hydrogen-bond acceptors (Lipinski definition) is 7. The summed E-state index contributed by atoms with van der Waals surface area (Å²) in [6, 6.07) is 7.43. The quantitative estimate of drug-likeness (QED) is 0.578. The molecule has 0 unspecified atom stereocenters. The van der Waals surface area contributed by atoms with E-state index >= 15 is 0 Å². The molecule has 27 heavy (non-hydrogen) atoms. The summed E-state index contributed by atoms with van der Waals surface area (Å²) < 4.78 is 8.85. The topological polar surface area (TPSA) is 99.2 Å². The molecular weight excluding hydrogens is 366 g/mol. The van der Waals surface area contributed by atoms with Gasteiger partial charge in [0.25, 0.3) is 5.91 Å². The van der Waals surface area contributed by atoms with Crippen LogP contribution in [0.4, 0.5) is 0 Å². The molecule has 0 aliphatic carbocycles. The monoisotopic (exact) mass is 381 g/mol. The fourth-order valence-corrected chi connectivity index (χ4v) is 3.59. The van der Waals surface area contributed by atoms with Gasteiger partial charge in [0, 0.05) is 30.0 Å². The van der Waals surface area contributed by atoms with E-state index in [0.29, 0.717) is 29.7 Å². The number of fused-ring (bicyclic) bond motifs is 2. The Bertz CT molecular complexity index is 1090. The van der Waals surface area contributed by atoms with Gasteiger partial charge in [0.15, 0.2) is 17.2 Å². The Kier molecular flexibility index (Phi) is 3.82. The van der Waals surface area contributed by atoms with Crippen LogP contribution in [0.3, 0.4) is 0 Å². The molecule has 5 heterocycles. The number of carbonyl (C=O) groups is 1. The molecular formula is C17H15N7O2S. The van der Waals surface area contributed by atoms with Crippen molar-refractivity contribution in [3.8, 4) is 17.1 Å². The number of ether oxygens (including phenoxy) is 1. The molecule has 4 aromatic rings. The average molecular weight is 381 g/mol. The average Bonchev–Trinajstić information content (AvgIpc) is 3.44. The summed E-state index contributed by atoms with van der Waals surface area (Å²) >= 11 is 1.61. The number of rotatable bonds is 4. The first-order valence-electron chi connectivity index (χ1n) is 8.51. The number of nitrogens with zero attached hydrogens (tertiary/aromatic N) is 6. The minimum Gasteiger partial charge on any atom is -0.478 e. The minimum atomic E-state index is -0.286. The summed E-state index contributed by atoms with van der Waals surface area (Å²) in [6.07, 6.45) is 0.888. The molecule has 0 radical (unpaired) electrons. The SMILES string of the molecule is O=C(NCc1nnc2ccc(-c3ccsc3)nn12)c1cc2n(n1)CCCO2. The van der Waals surface area contributed by atoms with Crippen molar-refractivity contribution in [2.45, 2.75) is 19.5 Å². The summed E-state index contributed by atoms with van der Waals surface area (Å²) in [5.41, 5.74) is 2.82. The van der Waals surface area contributed by atoms with Crippen molar-refractivity contribution in [3.63, 3.8) is 0 Å². The highest BCUT2D eigenvalue weighted by atomic mass is 32.1. The van der Waals surface area contributed by atoms with Crippen molar-refractivity contribution in [2.75, 3.05) is 6.61 Å². The molecule has 0 aromatic carbocycles. The smallest absolute Gasteiger partial charge is 0.272 e.